The fourth-order valence-corrected chi connectivity index (χ4v) is 5.94. The van der Waals surface area contributed by atoms with E-state index in [-0.39, 0.29) is 23.2 Å². The second kappa shape index (κ2) is 13.5. The second-order valence-electron chi connectivity index (χ2n) is 11.3. The lowest BCUT2D eigenvalue weighted by Crippen LogP contribution is -2.33. The molecule has 1 aliphatic heterocycles. The summed E-state index contributed by atoms with van der Waals surface area (Å²) in [6.45, 7) is 1.86. The zero-order valence-corrected chi connectivity index (χ0v) is 26.5. The van der Waals surface area contributed by atoms with Crippen molar-refractivity contribution in [2.45, 2.75) is 32.2 Å². The first kappa shape index (κ1) is 31.6. The zero-order chi connectivity index (χ0) is 33.1. The Morgan fingerprint density at radius 1 is 1.02 bits per heavy atom. The van der Waals surface area contributed by atoms with Gasteiger partial charge in [-0.1, -0.05) is 31.0 Å². The summed E-state index contributed by atoms with van der Waals surface area (Å²) in [7, 11) is 1.63. The normalized spacial score (nSPS) is 18.9. The van der Waals surface area contributed by atoms with Gasteiger partial charge in [0.15, 0.2) is 0 Å². The van der Waals surface area contributed by atoms with Crippen LogP contribution in [0.2, 0.25) is 5.02 Å². The number of benzene rings is 2. The molecule has 10 nitrogen and oxygen atoms in total. The number of carbonyl (C=O) groups excluding carboxylic acids is 1. The molecule has 5 aromatic rings. The van der Waals surface area contributed by atoms with Crippen molar-refractivity contribution in [2.75, 3.05) is 7.05 Å². The molecule has 4 heterocycles. The van der Waals surface area contributed by atoms with Crippen LogP contribution in [0.25, 0.3) is 28.1 Å². The number of rotatable bonds is 4. The number of aromatic nitrogens is 5. The number of amides is 1. The maximum absolute atomic E-state index is 13.9. The molecule has 6 rings (SSSR count). The molecule has 0 saturated carbocycles. The first-order chi connectivity index (χ1) is 22.7. The minimum Gasteiger partial charge on any atom is -0.403 e. The van der Waals surface area contributed by atoms with Gasteiger partial charge in [0.2, 0.25) is 5.91 Å². The fourth-order valence-electron chi connectivity index (χ4n) is 5.77. The summed E-state index contributed by atoms with van der Waals surface area (Å²) in [5, 5.41) is 7.84. The molecule has 238 valence electrons. The summed E-state index contributed by atoms with van der Waals surface area (Å²) in [6.07, 6.45) is 9.85. The van der Waals surface area contributed by atoms with Crippen LogP contribution in [0, 0.1) is 11.7 Å². The van der Waals surface area contributed by atoms with Gasteiger partial charge in [-0.05, 0) is 66.9 Å². The summed E-state index contributed by atoms with van der Waals surface area (Å²) in [4.78, 5) is 40.6. The molecule has 0 fully saturated rings. The minimum atomic E-state index is -0.449. The number of nitrogens with one attached hydrogen (secondary N) is 1. The Labute approximate surface area is 275 Å². The monoisotopic (exact) mass is 650 g/mol. The molecule has 12 heteroatoms. The number of allylic oxidation sites excluding steroid dienone is 1. The SMILES string of the molecule is CN=C1C(=CN)NC(=O)C(C)CCCC(n2cnc(-c3cc(Cl)ccc3-c3cnn(-c4ccc(F)cc4)c3)cc2=O)c2cc1ccn2. The number of carbonyl (C=O) groups is 1. The van der Waals surface area contributed by atoms with Crippen LogP contribution in [0.4, 0.5) is 4.39 Å². The van der Waals surface area contributed by atoms with E-state index in [0.717, 1.165) is 11.1 Å². The molecule has 2 atom stereocenters. The van der Waals surface area contributed by atoms with Gasteiger partial charge in [0.05, 0.1) is 47.0 Å². The molecule has 3 aromatic heterocycles. The quantitative estimate of drug-likeness (QED) is 0.257. The Kier molecular flexibility index (Phi) is 9.08. The third-order valence-electron chi connectivity index (χ3n) is 8.28. The maximum Gasteiger partial charge on any atom is 0.254 e. The molecule has 2 unspecified atom stereocenters. The molecule has 3 N–H and O–H groups in total. The number of nitrogens with zero attached hydrogens (tertiary/aromatic N) is 6. The Balaban J connectivity index is 1.39. The molecule has 1 amide bonds. The van der Waals surface area contributed by atoms with Gasteiger partial charge < -0.3 is 11.1 Å². The molecule has 0 aliphatic carbocycles. The van der Waals surface area contributed by atoms with Crippen molar-refractivity contribution >= 4 is 23.2 Å². The van der Waals surface area contributed by atoms with Crippen molar-refractivity contribution in [3.8, 4) is 28.1 Å². The van der Waals surface area contributed by atoms with Crippen LogP contribution >= 0.6 is 11.6 Å². The van der Waals surface area contributed by atoms with Gasteiger partial charge in [-0.3, -0.25) is 24.1 Å². The Hall–Kier alpha value is -5.42. The second-order valence-corrected chi connectivity index (χ2v) is 11.8. The van der Waals surface area contributed by atoms with E-state index in [1.807, 2.05) is 25.3 Å². The average Bonchev–Trinajstić information content (AvgIpc) is 3.57. The molecule has 2 aromatic carbocycles. The van der Waals surface area contributed by atoms with E-state index in [2.05, 4.69) is 20.4 Å². The summed E-state index contributed by atoms with van der Waals surface area (Å²) in [5.41, 5.74) is 11.2. The lowest BCUT2D eigenvalue weighted by molar-refractivity contribution is -0.123. The fraction of sp³-hybridized carbons (Fsp3) is 0.200. The number of pyridine rings is 1. The third kappa shape index (κ3) is 6.61. The number of halogens is 2. The van der Waals surface area contributed by atoms with Crippen LogP contribution in [-0.4, -0.2) is 43.0 Å². The van der Waals surface area contributed by atoms with Crippen LogP contribution in [0.15, 0.2) is 107 Å². The highest BCUT2D eigenvalue weighted by Crippen LogP contribution is 2.34. The van der Waals surface area contributed by atoms with E-state index in [1.54, 1.807) is 59.0 Å². The number of aliphatic imine (C=N–C) groups is 1. The molecule has 47 heavy (non-hydrogen) atoms. The van der Waals surface area contributed by atoms with Gasteiger partial charge in [0.25, 0.3) is 5.56 Å². The highest BCUT2D eigenvalue weighted by molar-refractivity contribution is 6.31. The first-order valence-electron chi connectivity index (χ1n) is 15.1. The first-order valence-corrected chi connectivity index (χ1v) is 15.5. The highest BCUT2D eigenvalue weighted by atomic mass is 35.5. The predicted octanol–water partition coefficient (Wildman–Crippen LogP) is 5.70. The van der Waals surface area contributed by atoms with Gasteiger partial charge in [0.1, 0.15) is 5.82 Å². The molecular formula is C35H32ClFN8O2. The zero-order valence-electron chi connectivity index (χ0n) is 25.8. The van der Waals surface area contributed by atoms with Gasteiger partial charge in [-0.15, -0.1) is 0 Å². The minimum absolute atomic E-state index is 0.155. The number of hydrogen-bond donors (Lipinski definition) is 2. The molecule has 0 radical (unpaired) electrons. The van der Waals surface area contributed by atoms with Crippen molar-refractivity contribution < 1.29 is 9.18 Å². The molecular weight excluding hydrogens is 619 g/mol. The molecule has 1 aliphatic rings. The van der Waals surface area contributed by atoms with E-state index < -0.39 is 6.04 Å². The maximum atomic E-state index is 13.9. The van der Waals surface area contributed by atoms with E-state index in [0.29, 0.717) is 63.9 Å². The number of hydrogen-bond acceptors (Lipinski definition) is 7. The summed E-state index contributed by atoms with van der Waals surface area (Å²) in [6, 6.07) is 16.1. The van der Waals surface area contributed by atoms with Gasteiger partial charge in [-0.2, -0.15) is 5.10 Å². The standard InChI is InChI=1S/C35H32ClFN8O2/c1-21-4-3-5-32(30-14-22(12-13-40-30)34(39-2)31(17-38)43-35(21)47)44-20-41-29(16-33(44)46)28-15-24(36)6-11-27(28)23-18-42-45(19-23)26-9-7-25(37)8-10-26/h6-21,32H,3-5,38H2,1-2H3,(H,43,47). The van der Waals surface area contributed by atoms with Gasteiger partial charge >= 0.3 is 0 Å². The van der Waals surface area contributed by atoms with E-state index in [1.165, 1.54) is 30.7 Å². The van der Waals surface area contributed by atoms with Crippen LogP contribution in [0.1, 0.15) is 43.5 Å². The van der Waals surface area contributed by atoms with Crippen molar-refractivity contribution in [1.29, 1.82) is 0 Å². The van der Waals surface area contributed by atoms with Crippen molar-refractivity contribution in [3.63, 3.8) is 0 Å². The van der Waals surface area contributed by atoms with Gasteiger partial charge in [0, 0.05) is 59.3 Å². The number of nitrogens with two attached hydrogens (primary N) is 1. The summed E-state index contributed by atoms with van der Waals surface area (Å²) >= 11 is 6.43. The van der Waals surface area contributed by atoms with Crippen LogP contribution < -0.4 is 16.6 Å². The van der Waals surface area contributed by atoms with Crippen LogP contribution in [0.5, 0.6) is 0 Å². The van der Waals surface area contributed by atoms with Crippen molar-refractivity contribution in [1.82, 2.24) is 29.6 Å². The Morgan fingerprint density at radius 3 is 2.57 bits per heavy atom. The molecule has 2 bridgehead atoms. The van der Waals surface area contributed by atoms with E-state index in [9.17, 15) is 14.0 Å². The largest absolute Gasteiger partial charge is 0.403 e. The predicted molar refractivity (Wildman–Crippen MR) is 180 cm³/mol. The summed E-state index contributed by atoms with van der Waals surface area (Å²) < 4.78 is 16.7. The highest BCUT2D eigenvalue weighted by Gasteiger charge is 2.24. The van der Waals surface area contributed by atoms with Crippen molar-refractivity contribution in [3.05, 3.63) is 130 Å². The smallest absolute Gasteiger partial charge is 0.254 e. The van der Waals surface area contributed by atoms with Crippen LogP contribution in [-0.2, 0) is 4.79 Å². The van der Waals surface area contributed by atoms with Gasteiger partial charge in [-0.25, -0.2) is 14.1 Å². The third-order valence-corrected chi connectivity index (χ3v) is 8.51. The van der Waals surface area contributed by atoms with E-state index >= 15 is 0 Å². The van der Waals surface area contributed by atoms with Crippen molar-refractivity contribution in [2.24, 2.45) is 16.6 Å². The van der Waals surface area contributed by atoms with Crippen LogP contribution in [0.3, 0.4) is 0 Å². The summed E-state index contributed by atoms with van der Waals surface area (Å²) in [5.74, 6) is -0.778. The molecule has 0 spiro atoms. The number of fused-ring (bicyclic) bond motifs is 2. The Morgan fingerprint density at radius 2 is 1.83 bits per heavy atom. The van der Waals surface area contributed by atoms with E-state index in [4.69, 9.17) is 22.3 Å². The lowest BCUT2D eigenvalue weighted by atomic mass is 9.96. The molecule has 0 saturated heterocycles. The lowest BCUT2D eigenvalue weighted by Gasteiger charge is -2.23. The topological polar surface area (TPSA) is 133 Å². The average molecular weight is 651 g/mol. The Bertz CT molecular complexity index is 2070.